The summed E-state index contributed by atoms with van der Waals surface area (Å²) in [4.78, 5) is 25.5. The molecule has 0 fully saturated rings. The van der Waals surface area contributed by atoms with E-state index in [0.717, 1.165) is 111 Å². The first-order valence-corrected chi connectivity index (χ1v) is 22.5. The second kappa shape index (κ2) is 26.1. The number of esters is 2. The van der Waals surface area contributed by atoms with Crippen molar-refractivity contribution in [2.45, 2.75) is 105 Å². The van der Waals surface area contributed by atoms with Gasteiger partial charge < -0.3 is 34.1 Å². The Balaban J connectivity index is 1.03. The molecule has 0 aliphatic heterocycles. The highest BCUT2D eigenvalue weighted by atomic mass is 16.6. The zero-order valence-electron chi connectivity index (χ0n) is 37.5. The van der Waals surface area contributed by atoms with Crippen LogP contribution in [0.25, 0.3) is 10.8 Å². The maximum absolute atomic E-state index is 12.8. The molecule has 0 aliphatic rings. The number of carbonyl (C=O) groups excluding carboxylic acids is 2. The predicted molar refractivity (Wildman–Crippen MR) is 250 cm³/mol. The van der Waals surface area contributed by atoms with Crippen molar-refractivity contribution in [2.24, 2.45) is 15.6 Å². The van der Waals surface area contributed by atoms with Crippen molar-refractivity contribution >= 4 is 39.8 Å². The van der Waals surface area contributed by atoms with E-state index >= 15 is 0 Å². The van der Waals surface area contributed by atoms with E-state index in [2.05, 4.69) is 22.5 Å². The molecule has 1 unspecified atom stereocenters. The summed E-state index contributed by atoms with van der Waals surface area (Å²) < 4.78 is 28.0. The molecule has 0 radical (unpaired) electrons. The third-order valence-electron chi connectivity index (χ3n) is 10.8. The Kier molecular flexibility index (Phi) is 20.1. The Morgan fingerprint density at radius 2 is 1.27 bits per heavy atom. The number of benzene rings is 5. The molecule has 0 bridgehead atoms. The molecule has 0 aliphatic carbocycles. The molecule has 336 valence electrons. The van der Waals surface area contributed by atoms with Crippen LogP contribution < -0.4 is 14.8 Å². The molecule has 1 atom stereocenters. The molecule has 0 spiro atoms. The molecule has 2 N–H and O–H groups in total. The van der Waals surface area contributed by atoms with E-state index in [1.165, 1.54) is 0 Å². The molecule has 63 heavy (non-hydrogen) atoms. The van der Waals surface area contributed by atoms with Crippen molar-refractivity contribution in [3.8, 4) is 11.5 Å². The average Bonchev–Trinajstić information content (AvgIpc) is 3.30. The van der Waals surface area contributed by atoms with Gasteiger partial charge in [0.05, 0.1) is 35.7 Å². The minimum atomic E-state index is -0.758. The molecule has 0 saturated heterocycles. The maximum atomic E-state index is 12.8. The summed E-state index contributed by atoms with van der Waals surface area (Å²) in [5.41, 5.74) is 3.97. The van der Waals surface area contributed by atoms with Gasteiger partial charge in [-0.1, -0.05) is 76.4 Å². The Morgan fingerprint density at radius 3 is 1.97 bits per heavy atom. The van der Waals surface area contributed by atoms with Gasteiger partial charge in [-0.25, -0.2) is 9.59 Å². The van der Waals surface area contributed by atoms with Crippen LogP contribution in [0.3, 0.4) is 0 Å². The van der Waals surface area contributed by atoms with Gasteiger partial charge in [0.1, 0.15) is 11.5 Å². The normalized spacial score (nSPS) is 12.1. The Labute approximate surface area is 373 Å². The van der Waals surface area contributed by atoms with Crippen LogP contribution in [0.2, 0.25) is 0 Å². The second-order valence-electron chi connectivity index (χ2n) is 16.3. The summed E-state index contributed by atoms with van der Waals surface area (Å²) in [7, 11) is 0. The lowest BCUT2D eigenvalue weighted by Crippen LogP contribution is -2.32. The first kappa shape index (κ1) is 48.4. The highest BCUT2D eigenvalue weighted by Gasteiger charge is 2.27. The van der Waals surface area contributed by atoms with Gasteiger partial charge in [-0.2, -0.15) is 5.11 Å². The lowest BCUT2D eigenvalue weighted by molar-refractivity contribution is -0.167. The summed E-state index contributed by atoms with van der Waals surface area (Å²) in [5, 5.41) is 24.8. The largest absolute Gasteiger partial charge is 0.494 e. The van der Waals surface area contributed by atoms with Gasteiger partial charge in [0.25, 0.3) is 0 Å². The molecular formula is C52H65N3O8. The first-order valence-electron chi connectivity index (χ1n) is 22.5. The number of nitrogens with one attached hydrogen (secondary N) is 1. The van der Waals surface area contributed by atoms with Crippen molar-refractivity contribution in [3.63, 3.8) is 0 Å². The maximum Gasteiger partial charge on any atom is 0.343 e. The van der Waals surface area contributed by atoms with Gasteiger partial charge in [-0.15, -0.1) is 5.11 Å². The number of fused-ring (bicyclic) bond motifs is 1. The second-order valence-corrected chi connectivity index (χ2v) is 16.3. The van der Waals surface area contributed by atoms with Crippen molar-refractivity contribution in [3.05, 3.63) is 126 Å². The Bertz CT molecular complexity index is 2150. The van der Waals surface area contributed by atoms with Gasteiger partial charge in [0.15, 0.2) is 6.29 Å². The lowest BCUT2D eigenvalue weighted by Gasteiger charge is -2.29. The molecule has 5 rings (SSSR count). The van der Waals surface area contributed by atoms with Crippen LogP contribution in [-0.4, -0.2) is 56.4 Å². The third kappa shape index (κ3) is 16.2. The van der Waals surface area contributed by atoms with Crippen LogP contribution in [-0.2, 0) is 20.8 Å². The van der Waals surface area contributed by atoms with E-state index in [9.17, 15) is 14.7 Å². The number of hydrogen-bond acceptors (Lipinski definition) is 11. The minimum absolute atomic E-state index is 0.248. The number of rotatable bonds is 28. The summed E-state index contributed by atoms with van der Waals surface area (Å²) >= 11 is 0. The van der Waals surface area contributed by atoms with Gasteiger partial charge in [0.2, 0.25) is 0 Å². The number of ether oxygens (including phenoxy) is 5. The molecule has 0 heterocycles. The van der Waals surface area contributed by atoms with Crippen molar-refractivity contribution in [1.82, 2.24) is 0 Å². The SMILES string of the molecule is CCCC(C)(C)C(O)OCCCCCCOC(=O)c1ccc(N=Nc2ccc(NCc3ccc(OC(=O)c4ccc(OCCCCCCOCC)cc4)cc3)c3ccccc23)cc1. The van der Waals surface area contributed by atoms with E-state index in [1.807, 2.05) is 69.3 Å². The molecule has 5 aromatic carbocycles. The number of azo groups is 1. The van der Waals surface area contributed by atoms with E-state index in [0.29, 0.717) is 48.9 Å². The third-order valence-corrected chi connectivity index (χ3v) is 10.8. The summed E-state index contributed by atoms with van der Waals surface area (Å²) in [6.45, 7) is 11.8. The number of aliphatic hydroxyl groups excluding tert-OH is 1. The first-order chi connectivity index (χ1) is 30.7. The Morgan fingerprint density at radius 1 is 0.651 bits per heavy atom. The van der Waals surface area contributed by atoms with Gasteiger partial charge >= 0.3 is 11.9 Å². The summed E-state index contributed by atoms with van der Waals surface area (Å²) in [6.07, 6.45) is 8.89. The van der Waals surface area contributed by atoms with Crippen LogP contribution in [0.15, 0.2) is 119 Å². The Hall–Kier alpha value is -5.62. The number of nitrogens with zero attached hydrogens (tertiary/aromatic N) is 2. The topological polar surface area (TPSA) is 137 Å². The van der Waals surface area contributed by atoms with E-state index in [4.69, 9.17) is 23.7 Å². The van der Waals surface area contributed by atoms with Crippen molar-refractivity contribution in [2.75, 3.05) is 38.4 Å². The summed E-state index contributed by atoms with van der Waals surface area (Å²) in [6, 6.07) is 33.3. The van der Waals surface area contributed by atoms with Gasteiger partial charge in [0, 0.05) is 48.2 Å². The van der Waals surface area contributed by atoms with Crippen LogP contribution in [0.1, 0.15) is 118 Å². The van der Waals surface area contributed by atoms with Crippen LogP contribution in [0.4, 0.5) is 17.1 Å². The highest BCUT2D eigenvalue weighted by Crippen LogP contribution is 2.33. The monoisotopic (exact) mass is 859 g/mol. The van der Waals surface area contributed by atoms with Gasteiger partial charge in [-0.3, -0.25) is 0 Å². The van der Waals surface area contributed by atoms with Gasteiger partial charge in [-0.05, 0) is 130 Å². The number of hydrogen-bond donors (Lipinski definition) is 2. The molecule has 11 heteroatoms. The molecular weight excluding hydrogens is 795 g/mol. The van der Waals surface area contributed by atoms with Crippen molar-refractivity contribution in [1.29, 1.82) is 0 Å². The zero-order chi connectivity index (χ0) is 44.7. The fourth-order valence-corrected chi connectivity index (χ4v) is 7.01. The molecule has 11 nitrogen and oxygen atoms in total. The van der Waals surface area contributed by atoms with Crippen molar-refractivity contribution < 1.29 is 38.4 Å². The average molecular weight is 860 g/mol. The number of carbonyl (C=O) groups is 2. The quantitative estimate of drug-likeness (QED) is 0.0165. The number of anilines is 1. The van der Waals surface area contributed by atoms with Crippen LogP contribution in [0.5, 0.6) is 11.5 Å². The fourth-order valence-electron chi connectivity index (χ4n) is 7.01. The fraction of sp³-hybridized carbons (Fsp3) is 0.423. The lowest BCUT2D eigenvalue weighted by atomic mass is 9.87. The van der Waals surface area contributed by atoms with E-state index in [1.54, 1.807) is 60.7 Å². The number of unbranched alkanes of at least 4 members (excludes halogenated alkanes) is 6. The highest BCUT2D eigenvalue weighted by molar-refractivity contribution is 6.00. The standard InChI is InChI=1S/C52H65N3O8/c1-5-33-52(3,4)51(58)62-37-16-10-9-15-36-61-49(56)40-21-25-42(26-22-40)54-55-48-32-31-47(45-17-11-12-18-46(45)48)53-38-39-19-27-44(28-20-39)63-50(57)41-23-29-43(30-24-41)60-35-14-8-7-13-34-59-6-2/h11-12,17-32,51,53,58H,5-10,13-16,33-38H2,1-4H3. The molecule has 0 saturated carbocycles. The molecule has 0 aromatic heterocycles. The van der Waals surface area contributed by atoms with E-state index in [-0.39, 0.29) is 11.4 Å². The number of aliphatic hydroxyl groups is 1. The van der Waals surface area contributed by atoms with E-state index < -0.39 is 12.3 Å². The predicted octanol–water partition coefficient (Wildman–Crippen LogP) is 12.9. The molecule has 5 aromatic rings. The molecule has 0 amide bonds. The smallest absolute Gasteiger partial charge is 0.343 e. The van der Waals surface area contributed by atoms with Crippen LogP contribution >= 0.6 is 0 Å². The van der Waals surface area contributed by atoms with Crippen LogP contribution in [0, 0.1) is 5.41 Å². The minimum Gasteiger partial charge on any atom is -0.494 e. The summed E-state index contributed by atoms with van der Waals surface area (Å²) in [5.74, 6) is 0.399. The zero-order valence-corrected chi connectivity index (χ0v) is 37.5.